The summed E-state index contributed by atoms with van der Waals surface area (Å²) in [4.78, 5) is 2.54. The quantitative estimate of drug-likeness (QED) is 0.869. The molecule has 1 aliphatic heterocycles. The Kier molecular flexibility index (Phi) is 6.07. The molecule has 0 bridgehead atoms. The highest BCUT2D eigenvalue weighted by Crippen LogP contribution is 2.26. The summed E-state index contributed by atoms with van der Waals surface area (Å²) in [5.41, 5.74) is 2.50. The van der Waals surface area contributed by atoms with Crippen molar-refractivity contribution in [2.45, 2.75) is 39.7 Å². The smallest absolute Gasteiger partial charge is 0.123 e. The van der Waals surface area contributed by atoms with Gasteiger partial charge in [0.2, 0.25) is 0 Å². The standard InChI is InChI=1S/C18H30N2O/c1-5-20-10-8-16(9-11-20)13-19-15(3)17-7-6-14(2)12-18(17)21-4/h6-7,12,15-16,19H,5,8-11,13H2,1-4H3. The summed E-state index contributed by atoms with van der Waals surface area (Å²) in [6, 6.07) is 6.80. The van der Waals surface area contributed by atoms with Crippen molar-refractivity contribution in [2.75, 3.05) is 33.3 Å². The first-order valence-electron chi connectivity index (χ1n) is 8.24. The number of ether oxygens (including phenoxy) is 1. The van der Waals surface area contributed by atoms with Crippen LogP contribution in [-0.4, -0.2) is 38.2 Å². The van der Waals surface area contributed by atoms with Gasteiger partial charge in [-0.1, -0.05) is 19.1 Å². The number of benzene rings is 1. The Hall–Kier alpha value is -1.06. The molecule has 0 radical (unpaired) electrons. The van der Waals surface area contributed by atoms with E-state index in [-0.39, 0.29) is 0 Å². The van der Waals surface area contributed by atoms with Crippen LogP contribution in [0.25, 0.3) is 0 Å². The molecule has 118 valence electrons. The molecular weight excluding hydrogens is 260 g/mol. The van der Waals surface area contributed by atoms with Gasteiger partial charge < -0.3 is 15.0 Å². The highest BCUT2D eigenvalue weighted by molar-refractivity contribution is 5.39. The Balaban J connectivity index is 1.86. The molecule has 1 fully saturated rings. The van der Waals surface area contributed by atoms with Crippen LogP contribution in [-0.2, 0) is 0 Å². The Bertz CT molecular complexity index is 439. The van der Waals surface area contributed by atoms with Gasteiger partial charge in [-0.15, -0.1) is 0 Å². The van der Waals surface area contributed by atoms with Crippen molar-refractivity contribution in [2.24, 2.45) is 5.92 Å². The first kappa shape index (κ1) is 16.3. The lowest BCUT2D eigenvalue weighted by Crippen LogP contribution is -2.37. The maximum Gasteiger partial charge on any atom is 0.123 e. The zero-order chi connectivity index (χ0) is 15.2. The third-order valence-electron chi connectivity index (χ3n) is 4.72. The van der Waals surface area contributed by atoms with Crippen molar-refractivity contribution < 1.29 is 4.74 Å². The fourth-order valence-corrected chi connectivity index (χ4v) is 3.14. The molecule has 0 saturated carbocycles. The van der Waals surface area contributed by atoms with Gasteiger partial charge in [-0.25, -0.2) is 0 Å². The van der Waals surface area contributed by atoms with Gasteiger partial charge >= 0.3 is 0 Å². The number of aryl methyl sites for hydroxylation is 1. The molecule has 3 heteroatoms. The monoisotopic (exact) mass is 290 g/mol. The Labute approximate surface area is 129 Å². The lowest BCUT2D eigenvalue weighted by molar-refractivity contribution is 0.188. The third-order valence-corrected chi connectivity index (χ3v) is 4.72. The first-order valence-corrected chi connectivity index (χ1v) is 8.24. The summed E-state index contributed by atoms with van der Waals surface area (Å²) < 4.78 is 5.52. The van der Waals surface area contributed by atoms with Crippen LogP contribution < -0.4 is 10.1 Å². The molecule has 2 rings (SSSR count). The van der Waals surface area contributed by atoms with E-state index in [1.807, 2.05) is 0 Å². The van der Waals surface area contributed by atoms with Crippen molar-refractivity contribution in [3.8, 4) is 5.75 Å². The third kappa shape index (κ3) is 4.45. The number of rotatable bonds is 6. The number of hydrogen-bond donors (Lipinski definition) is 1. The summed E-state index contributed by atoms with van der Waals surface area (Å²) >= 11 is 0. The fourth-order valence-electron chi connectivity index (χ4n) is 3.14. The van der Waals surface area contributed by atoms with E-state index in [1.165, 1.54) is 43.6 Å². The molecule has 21 heavy (non-hydrogen) atoms. The summed E-state index contributed by atoms with van der Waals surface area (Å²) in [5, 5.41) is 3.70. The molecule has 3 nitrogen and oxygen atoms in total. The van der Waals surface area contributed by atoms with E-state index in [4.69, 9.17) is 4.74 Å². The van der Waals surface area contributed by atoms with E-state index in [1.54, 1.807) is 7.11 Å². The second-order valence-corrected chi connectivity index (χ2v) is 6.25. The fraction of sp³-hybridized carbons (Fsp3) is 0.667. The minimum atomic E-state index is 0.338. The van der Waals surface area contributed by atoms with Crippen LogP contribution in [0.4, 0.5) is 0 Å². The summed E-state index contributed by atoms with van der Waals surface area (Å²) in [6.45, 7) is 11.4. The van der Waals surface area contributed by atoms with Crippen molar-refractivity contribution in [3.05, 3.63) is 29.3 Å². The molecule has 1 heterocycles. The molecule has 1 aromatic carbocycles. The molecule has 1 N–H and O–H groups in total. The van der Waals surface area contributed by atoms with Crippen LogP contribution in [0.15, 0.2) is 18.2 Å². The molecule has 1 aliphatic rings. The van der Waals surface area contributed by atoms with Crippen LogP contribution in [0.2, 0.25) is 0 Å². The number of nitrogens with zero attached hydrogens (tertiary/aromatic N) is 1. The minimum Gasteiger partial charge on any atom is -0.496 e. The van der Waals surface area contributed by atoms with Crippen LogP contribution >= 0.6 is 0 Å². The lowest BCUT2D eigenvalue weighted by atomic mass is 9.96. The second kappa shape index (κ2) is 7.81. The SMILES string of the molecule is CCN1CCC(CNC(C)c2ccc(C)cc2OC)CC1. The molecular formula is C18H30N2O. The average Bonchev–Trinajstić information content (AvgIpc) is 2.52. The Morgan fingerprint density at radius 1 is 1.33 bits per heavy atom. The highest BCUT2D eigenvalue weighted by atomic mass is 16.5. The molecule has 0 aliphatic carbocycles. The minimum absolute atomic E-state index is 0.338. The van der Waals surface area contributed by atoms with Crippen LogP contribution in [0, 0.1) is 12.8 Å². The highest BCUT2D eigenvalue weighted by Gasteiger charge is 2.19. The van der Waals surface area contributed by atoms with Crippen LogP contribution in [0.5, 0.6) is 5.75 Å². The maximum absolute atomic E-state index is 5.52. The van der Waals surface area contributed by atoms with Gasteiger partial charge in [0.05, 0.1) is 7.11 Å². The molecule has 1 saturated heterocycles. The van der Waals surface area contributed by atoms with Gasteiger partial charge in [-0.2, -0.15) is 0 Å². The Morgan fingerprint density at radius 3 is 2.67 bits per heavy atom. The number of methoxy groups -OCH3 is 1. The van der Waals surface area contributed by atoms with Crippen molar-refractivity contribution in [1.29, 1.82) is 0 Å². The molecule has 0 aromatic heterocycles. The normalized spacial score (nSPS) is 18.7. The first-order chi connectivity index (χ1) is 10.1. The summed E-state index contributed by atoms with van der Waals surface area (Å²) in [6.07, 6.45) is 2.64. The van der Waals surface area contributed by atoms with Gasteiger partial charge in [-0.3, -0.25) is 0 Å². The van der Waals surface area contributed by atoms with E-state index in [0.29, 0.717) is 6.04 Å². The predicted octanol–water partition coefficient (Wildman–Crippen LogP) is 3.39. The number of piperidine rings is 1. The van der Waals surface area contributed by atoms with Crippen molar-refractivity contribution >= 4 is 0 Å². The van der Waals surface area contributed by atoms with Crippen molar-refractivity contribution in [3.63, 3.8) is 0 Å². The molecule has 1 atom stereocenters. The van der Waals surface area contributed by atoms with E-state index in [9.17, 15) is 0 Å². The molecule has 1 unspecified atom stereocenters. The van der Waals surface area contributed by atoms with E-state index in [0.717, 1.165) is 18.2 Å². The van der Waals surface area contributed by atoms with Gasteiger partial charge in [-0.05, 0) is 70.4 Å². The molecule has 0 spiro atoms. The average molecular weight is 290 g/mol. The zero-order valence-electron chi connectivity index (χ0n) is 14.0. The van der Waals surface area contributed by atoms with Gasteiger partial charge in [0.25, 0.3) is 0 Å². The van der Waals surface area contributed by atoms with E-state index >= 15 is 0 Å². The topological polar surface area (TPSA) is 24.5 Å². The lowest BCUT2D eigenvalue weighted by Gasteiger charge is -2.32. The molecule has 1 aromatic rings. The Morgan fingerprint density at radius 2 is 2.05 bits per heavy atom. The van der Waals surface area contributed by atoms with Crippen LogP contribution in [0.1, 0.15) is 43.9 Å². The number of hydrogen-bond acceptors (Lipinski definition) is 3. The van der Waals surface area contributed by atoms with E-state index < -0.39 is 0 Å². The largest absolute Gasteiger partial charge is 0.496 e. The summed E-state index contributed by atoms with van der Waals surface area (Å²) in [5.74, 6) is 1.81. The maximum atomic E-state index is 5.52. The van der Waals surface area contributed by atoms with Crippen LogP contribution in [0.3, 0.4) is 0 Å². The van der Waals surface area contributed by atoms with Gasteiger partial charge in [0.1, 0.15) is 5.75 Å². The van der Waals surface area contributed by atoms with Crippen molar-refractivity contribution in [1.82, 2.24) is 10.2 Å². The zero-order valence-corrected chi connectivity index (χ0v) is 14.0. The van der Waals surface area contributed by atoms with Gasteiger partial charge in [0.15, 0.2) is 0 Å². The number of nitrogens with one attached hydrogen (secondary N) is 1. The predicted molar refractivity (Wildman–Crippen MR) is 89.0 cm³/mol. The number of likely N-dealkylation sites (tertiary alicyclic amines) is 1. The van der Waals surface area contributed by atoms with E-state index in [2.05, 4.69) is 49.2 Å². The summed E-state index contributed by atoms with van der Waals surface area (Å²) in [7, 11) is 1.76. The second-order valence-electron chi connectivity index (χ2n) is 6.25. The van der Waals surface area contributed by atoms with Gasteiger partial charge in [0, 0.05) is 11.6 Å². The molecule has 0 amide bonds.